The van der Waals surface area contributed by atoms with Crippen molar-refractivity contribution in [3.63, 3.8) is 0 Å². The number of nitrogens with one attached hydrogen (secondary N) is 1. The molecule has 11 nitrogen and oxygen atoms in total. The van der Waals surface area contributed by atoms with Gasteiger partial charge in [0.05, 0.1) is 41.1 Å². The van der Waals surface area contributed by atoms with Gasteiger partial charge in [-0.25, -0.2) is 0 Å². The van der Waals surface area contributed by atoms with Crippen LogP contribution in [0.3, 0.4) is 0 Å². The first-order valence-electron chi connectivity index (χ1n) is 13.6. The van der Waals surface area contributed by atoms with E-state index in [1.807, 2.05) is 12.1 Å². The molecule has 3 aromatic carbocycles. The Morgan fingerprint density at radius 3 is 2.28 bits per heavy atom. The number of ether oxygens (including phenoxy) is 7. The highest BCUT2D eigenvalue weighted by Gasteiger charge is 2.34. The van der Waals surface area contributed by atoms with Gasteiger partial charge in [0.1, 0.15) is 0 Å². The maximum atomic E-state index is 14.3. The first-order chi connectivity index (χ1) is 20.9. The molecule has 2 aliphatic rings. The molecule has 0 spiro atoms. The number of phenolic OH excluding ortho intramolecular Hbond substituents is 1. The lowest BCUT2D eigenvalue weighted by atomic mass is 9.79. The quantitative estimate of drug-likeness (QED) is 0.189. The Kier molecular flexibility index (Phi) is 8.79. The van der Waals surface area contributed by atoms with Crippen molar-refractivity contribution in [3.05, 3.63) is 64.7 Å². The lowest BCUT2D eigenvalue weighted by Gasteiger charge is -2.34. The Bertz CT molecular complexity index is 1520. The van der Waals surface area contributed by atoms with Crippen molar-refractivity contribution in [2.75, 3.05) is 41.8 Å². The second-order valence-corrected chi connectivity index (χ2v) is 9.99. The van der Waals surface area contributed by atoms with E-state index < -0.39 is 11.9 Å². The molecule has 0 saturated carbocycles. The highest BCUT2D eigenvalue weighted by Crippen LogP contribution is 2.44. The summed E-state index contributed by atoms with van der Waals surface area (Å²) in [5.41, 5.74) is 3.15. The second kappa shape index (κ2) is 12.8. The van der Waals surface area contributed by atoms with Gasteiger partial charge < -0.3 is 43.6 Å². The fourth-order valence-corrected chi connectivity index (χ4v) is 5.50. The minimum absolute atomic E-state index is 0.0794. The van der Waals surface area contributed by atoms with Gasteiger partial charge in [-0.1, -0.05) is 6.07 Å². The fourth-order valence-electron chi connectivity index (χ4n) is 5.50. The zero-order valence-corrected chi connectivity index (χ0v) is 24.3. The maximum absolute atomic E-state index is 14.3. The van der Waals surface area contributed by atoms with Gasteiger partial charge in [-0.3, -0.25) is 9.59 Å². The number of fused-ring (bicyclic) bond motifs is 2. The lowest BCUT2D eigenvalue weighted by molar-refractivity contribution is -0.130. The number of methoxy groups -OCH3 is 4. The molecule has 5 rings (SSSR count). The molecule has 1 heterocycles. The number of phenols is 1. The summed E-state index contributed by atoms with van der Waals surface area (Å²) in [5.74, 6) is 1.94. The minimum Gasteiger partial charge on any atom is -0.504 e. The fraction of sp³-hybridized carbons (Fsp3) is 0.312. The summed E-state index contributed by atoms with van der Waals surface area (Å²) in [7, 11) is 5.94. The number of carbonyl (C=O) groups is 2. The Labute approximate surface area is 248 Å². The third-order valence-corrected chi connectivity index (χ3v) is 7.62. The van der Waals surface area contributed by atoms with Crippen LogP contribution in [0.4, 0.5) is 0 Å². The molecule has 1 aliphatic heterocycles. The molecule has 0 bridgehead atoms. The summed E-state index contributed by atoms with van der Waals surface area (Å²) in [6.07, 6.45) is 3.03. The van der Waals surface area contributed by atoms with E-state index in [1.165, 1.54) is 34.5 Å². The van der Waals surface area contributed by atoms with Crippen LogP contribution in [0.15, 0.2) is 42.5 Å². The van der Waals surface area contributed by atoms with Crippen molar-refractivity contribution in [2.45, 2.75) is 18.9 Å². The molecular weight excluding hydrogens is 558 g/mol. The number of benzene rings is 3. The molecule has 0 aromatic heterocycles. The van der Waals surface area contributed by atoms with E-state index >= 15 is 0 Å². The number of hydrogen-bond donors (Lipinski definition) is 2. The summed E-state index contributed by atoms with van der Waals surface area (Å²) in [4.78, 5) is 25.4. The summed E-state index contributed by atoms with van der Waals surface area (Å²) < 4.78 is 38.1. The molecule has 43 heavy (non-hydrogen) atoms. The Hall–Kier alpha value is -5.06. The average Bonchev–Trinajstić information content (AvgIpc) is 3.49. The maximum Gasteiger partial charge on any atom is 0.293 e. The van der Waals surface area contributed by atoms with Crippen LogP contribution < -0.4 is 33.7 Å². The number of aryl methyl sites for hydroxylation is 1. The zero-order valence-electron chi connectivity index (χ0n) is 24.3. The molecular formula is C32H33NO10. The van der Waals surface area contributed by atoms with Gasteiger partial charge in [0.25, 0.3) is 12.4 Å². The van der Waals surface area contributed by atoms with Crippen molar-refractivity contribution in [1.82, 2.24) is 5.32 Å². The van der Waals surface area contributed by atoms with E-state index in [-0.39, 0.29) is 30.6 Å². The molecule has 0 radical (unpaired) electrons. The zero-order chi connectivity index (χ0) is 30.5. The van der Waals surface area contributed by atoms with Crippen LogP contribution in [-0.4, -0.2) is 59.3 Å². The predicted molar refractivity (Wildman–Crippen MR) is 156 cm³/mol. The van der Waals surface area contributed by atoms with E-state index in [0.717, 1.165) is 11.1 Å². The Balaban J connectivity index is 1.60. The second-order valence-electron chi connectivity index (χ2n) is 9.99. The number of amides is 1. The van der Waals surface area contributed by atoms with Crippen molar-refractivity contribution >= 4 is 24.0 Å². The molecule has 0 saturated heterocycles. The first-order valence-corrected chi connectivity index (χ1v) is 13.6. The standard InChI is InChI=1S/C32H33NO10/c1-37-25-8-5-18(10-24(25)35)9-23(21-12-28(38-2)31(40-4)29(13-21)39-3)32(36)33-30-20(15-41-16-34)7-6-19-11-26-27(14-22(19)30)43-17-42-26/h5,8-14,16,20,30,35H,6-7,15,17H2,1-4H3,(H,33,36)/b23-9+/t20?,30-/m0/s1. The normalized spacial score (nSPS) is 17.0. The van der Waals surface area contributed by atoms with Crippen LogP contribution in [-0.2, 0) is 20.7 Å². The third-order valence-electron chi connectivity index (χ3n) is 7.62. The molecule has 2 atom stereocenters. The van der Waals surface area contributed by atoms with Crippen LogP contribution in [0.1, 0.15) is 34.7 Å². The number of carbonyl (C=O) groups excluding carboxylic acids is 2. The molecule has 2 N–H and O–H groups in total. The van der Waals surface area contributed by atoms with Crippen LogP contribution in [0, 0.1) is 5.92 Å². The number of hydrogen-bond acceptors (Lipinski definition) is 10. The highest BCUT2D eigenvalue weighted by molar-refractivity contribution is 6.24. The van der Waals surface area contributed by atoms with E-state index in [2.05, 4.69) is 5.32 Å². The van der Waals surface area contributed by atoms with E-state index in [0.29, 0.717) is 64.9 Å². The molecule has 11 heteroatoms. The summed E-state index contributed by atoms with van der Waals surface area (Å²) in [6.45, 7) is 0.652. The molecule has 1 amide bonds. The van der Waals surface area contributed by atoms with E-state index in [9.17, 15) is 14.7 Å². The van der Waals surface area contributed by atoms with Crippen LogP contribution in [0.5, 0.6) is 40.2 Å². The topological polar surface area (TPSA) is 131 Å². The summed E-state index contributed by atoms with van der Waals surface area (Å²) in [5, 5.41) is 13.6. The summed E-state index contributed by atoms with van der Waals surface area (Å²) in [6, 6.07) is 11.5. The van der Waals surface area contributed by atoms with Gasteiger partial charge in [0, 0.05) is 11.5 Å². The number of aromatic hydroxyl groups is 1. The lowest BCUT2D eigenvalue weighted by Crippen LogP contribution is -2.38. The van der Waals surface area contributed by atoms with Gasteiger partial charge in [-0.2, -0.15) is 0 Å². The monoisotopic (exact) mass is 591 g/mol. The molecule has 226 valence electrons. The Morgan fingerprint density at radius 1 is 0.953 bits per heavy atom. The third kappa shape index (κ3) is 5.97. The van der Waals surface area contributed by atoms with Gasteiger partial charge in [0.15, 0.2) is 34.5 Å². The van der Waals surface area contributed by atoms with Crippen molar-refractivity contribution in [2.24, 2.45) is 5.92 Å². The van der Waals surface area contributed by atoms with Gasteiger partial charge in [-0.05, 0) is 77.6 Å². The van der Waals surface area contributed by atoms with Crippen LogP contribution >= 0.6 is 0 Å². The smallest absolute Gasteiger partial charge is 0.293 e. The average molecular weight is 592 g/mol. The van der Waals surface area contributed by atoms with Crippen molar-refractivity contribution in [1.29, 1.82) is 0 Å². The Morgan fingerprint density at radius 2 is 1.65 bits per heavy atom. The van der Waals surface area contributed by atoms with Crippen LogP contribution in [0.25, 0.3) is 11.6 Å². The van der Waals surface area contributed by atoms with E-state index in [1.54, 1.807) is 30.3 Å². The highest BCUT2D eigenvalue weighted by atomic mass is 16.7. The first kappa shape index (κ1) is 29.4. The minimum atomic E-state index is -0.514. The van der Waals surface area contributed by atoms with Gasteiger partial charge in [-0.15, -0.1) is 0 Å². The van der Waals surface area contributed by atoms with E-state index in [4.69, 9.17) is 33.2 Å². The number of rotatable bonds is 11. The summed E-state index contributed by atoms with van der Waals surface area (Å²) >= 11 is 0. The van der Waals surface area contributed by atoms with Crippen molar-refractivity contribution < 1.29 is 47.9 Å². The SMILES string of the molecule is COc1ccc(/C=C(/C(=O)N[C@@H]2c3cc4c(cc3CCC2COC=O)OCO4)c2cc(OC)c(OC)c(OC)c2)cc1O. The molecule has 0 fully saturated rings. The van der Waals surface area contributed by atoms with Crippen LogP contribution in [0.2, 0.25) is 0 Å². The molecule has 1 unspecified atom stereocenters. The molecule has 1 aliphatic carbocycles. The largest absolute Gasteiger partial charge is 0.504 e. The predicted octanol–water partition coefficient (Wildman–Crippen LogP) is 4.29. The molecule has 3 aromatic rings. The van der Waals surface area contributed by atoms with Crippen molar-refractivity contribution in [3.8, 4) is 40.2 Å². The van der Waals surface area contributed by atoms with Gasteiger partial charge >= 0.3 is 0 Å². The van der Waals surface area contributed by atoms with Gasteiger partial charge in [0.2, 0.25) is 12.5 Å².